The van der Waals surface area contributed by atoms with Gasteiger partial charge in [-0.15, -0.1) is 0 Å². The zero-order valence-corrected chi connectivity index (χ0v) is 7.25. The Bertz CT molecular complexity index is 428. The van der Waals surface area contributed by atoms with E-state index in [-0.39, 0.29) is 5.82 Å². The minimum absolute atomic E-state index is 0.348. The number of nitrogen functional groups attached to an aromatic ring is 1. The minimum atomic E-state index is -0.363. The van der Waals surface area contributed by atoms with E-state index in [1.54, 1.807) is 0 Å². The number of hydrogen-bond acceptors (Lipinski definition) is 5. The summed E-state index contributed by atoms with van der Waals surface area (Å²) in [6.07, 6.45) is 1.36. The van der Waals surface area contributed by atoms with Crippen LogP contribution in [0.15, 0.2) is 18.3 Å². The van der Waals surface area contributed by atoms with E-state index in [2.05, 4.69) is 14.3 Å². The summed E-state index contributed by atoms with van der Waals surface area (Å²) in [5, 5.41) is 0.348. The highest BCUT2D eigenvalue weighted by molar-refractivity contribution is 7.09. The van der Waals surface area contributed by atoms with Crippen LogP contribution in [0.3, 0.4) is 0 Å². The van der Waals surface area contributed by atoms with E-state index < -0.39 is 0 Å². The zero-order chi connectivity index (χ0) is 9.26. The van der Waals surface area contributed by atoms with E-state index in [4.69, 9.17) is 5.73 Å². The van der Waals surface area contributed by atoms with Gasteiger partial charge in [0.2, 0.25) is 0 Å². The van der Waals surface area contributed by atoms with Crippen molar-refractivity contribution in [3.8, 4) is 11.5 Å². The van der Waals surface area contributed by atoms with E-state index in [1.807, 2.05) is 0 Å². The Morgan fingerprint density at radius 1 is 1.46 bits per heavy atom. The molecule has 6 heteroatoms. The van der Waals surface area contributed by atoms with Crippen LogP contribution in [0.1, 0.15) is 0 Å². The Kier molecular flexibility index (Phi) is 1.90. The second kappa shape index (κ2) is 3.06. The smallest absolute Gasteiger partial charge is 0.200 e. The lowest BCUT2D eigenvalue weighted by atomic mass is 10.3. The molecule has 0 aliphatic carbocycles. The van der Waals surface area contributed by atoms with E-state index in [1.165, 1.54) is 18.3 Å². The van der Waals surface area contributed by atoms with Crippen LogP contribution >= 0.6 is 11.5 Å². The first-order valence-electron chi connectivity index (χ1n) is 3.47. The first kappa shape index (κ1) is 8.06. The molecule has 13 heavy (non-hydrogen) atoms. The molecular formula is C7H5FN4S. The Labute approximate surface area is 77.4 Å². The van der Waals surface area contributed by atoms with Crippen molar-refractivity contribution in [3.05, 3.63) is 24.1 Å². The van der Waals surface area contributed by atoms with Gasteiger partial charge < -0.3 is 5.73 Å². The molecule has 0 spiro atoms. The standard InChI is InChI=1S/C7H5FN4S/c8-4-1-2-10-5(3-4)6-11-7(9)13-12-6/h1-3H,(H2,9,11,12). The Hall–Kier alpha value is -1.56. The number of nitrogens with zero attached hydrogens (tertiary/aromatic N) is 3. The van der Waals surface area contributed by atoms with Gasteiger partial charge in [0, 0.05) is 23.8 Å². The van der Waals surface area contributed by atoms with E-state index in [0.717, 1.165) is 11.5 Å². The third-order valence-corrected chi connectivity index (χ3v) is 1.94. The van der Waals surface area contributed by atoms with Crippen molar-refractivity contribution in [1.82, 2.24) is 14.3 Å². The van der Waals surface area contributed by atoms with E-state index in [0.29, 0.717) is 16.6 Å². The van der Waals surface area contributed by atoms with Gasteiger partial charge in [-0.3, -0.25) is 4.98 Å². The molecule has 2 heterocycles. The van der Waals surface area contributed by atoms with Crippen LogP contribution < -0.4 is 5.73 Å². The molecule has 0 fully saturated rings. The first-order valence-corrected chi connectivity index (χ1v) is 4.24. The molecule has 2 N–H and O–H groups in total. The van der Waals surface area contributed by atoms with Gasteiger partial charge in [-0.05, 0) is 6.07 Å². The van der Waals surface area contributed by atoms with Crippen LogP contribution in [-0.4, -0.2) is 14.3 Å². The predicted octanol–water partition coefficient (Wildman–Crippen LogP) is 1.32. The molecule has 0 aromatic carbocycles. The summed E-state index contributed by atoms with van der Waals surface area (Å²) in [4.78, 5) is 7.79. The number of pyridine rings is 1. The van der Waals surface area contributed by atoms with Gasteiger partial charge in [-0.1, -0.05) is 0 Å². The van der Waals surface area contributed by atoms with Crippen LogP contribution in [0, 0.1) is 5.82 Å². The predicted molar refractivity (Wildman–Crippen MR) is 47.5 cm³/mol. The molecule has 0 unspecified atom stereocenters. The summed E-state index contributed by atoms with van der Waals surface area (Å²) >= 11 is 1.06. The van der Waals surface area contributed by atoms with Gasteiger partial charge in [-0.25, -0.2) is 4.39 Å². The Balaban J connectivity index is 2.46. The van der Waals surface area contributed by atoms with E-state index in [9.17, 15) is 4.39 Å². The fourth-order valence-corrected chi connectivity index (χ4v) is 1.31. The molecule has 0 aliphatic rings. The van der Waals surface area contributed by atoms with Crippen molar-refractivity contribution in [2.45, 2.75) is 0 Å². The summed E-state index contributed by atoms with van der Waals surface area (Å²) in [5.74, 6) is 0.000344. The summed E-state index contributed by atoms with van der Waals surface area (Å²) in [7, 11) is 0. The third kappa shape index (κ3) is 1.62. The number of aromatic nitrogens is 3. The molecule has 0 bridgehead atoms. The molecule has 2 rings (SSSR count). The number of rotatable bonds is 1. The topological polar surface area (TPSA) is 64.7 Å². The monoisotopic (exact) mass is 196 g/mol. The quantitative estimate of drug-likeness (QED) is 0.747. The maximum absolute atomic E-state index is 12.7. The third-order valence-electron chi connectivity index (χ3n) is 1.39. The van der Waals surface area contributed by atoms with Crippen LogP contribution in [0.4, 0.5) is 9.52 Å². The summed E-state index contributed by atoms with van der Waals surface area (Å²) in [6, 6.07) is 2.53. The largest absolute Gasteiger partial charge is 0.374 e. The average Bonchev–Trinajstić information content (AvgIpc) is 2.52. The highest BCUT2D eigenvalue weighted by Crippen LogP contribution is 2.17. The van der Waals surface area contributed by atoms with Crippen molar-refractivity contribution < 1.29 is 4.39 Å². The maximum atomic E-state index is 12.7. The molecule has 4 nitrogen and oxygen atoms in total. The normalized spacial score (nSPS) is 10.2. The average molecular weight is 196 g/mol. The molecule has 0 atom stereocenters. The fourth-order valence-electron chi connectivity index (χ4n) is 0.866. The lowest BCUT2D eigenvalue weighted by Crippen LogP contribution is -1.87. The number of hydrogen-bond donors (Lipinski definition) is 1. The lowest BCUT2D eigenvalue weighted by molar-refractivity contribution is 0.626. The van der Waals surface area contributed by atoms with Gasteiger partial charge in [0.1, 0.15) is 11.5 Å². The second-order valence-corrected chi connectivity index (χ2v) is 3.10. The van der Waals surface area contributed by atoms with Gasteiger partial charge in [0.25, 0.3) is 0 Å². The van der Waals surface area contributed by atoms with Gasteiger partial charge >= 0.3 is 0 Å². The van der Waals surface area contributed by atoms with Gasteiger partial charge in [-0.2, -0.15) is 9.36 Å². The summed E-state index contributed by atoms with van der Waals surface area (Å²) < 4.78 is 16.6. The van der Waals surface area contributed by atoms with Gasteiger partial charge in [0.05, 0.1) is 0 Å². The molecule has 0 aliphatic heterocycles. The highest BCUT2D eigenvalue weighted by atomic mass is 32.1. The zero-order valence-electron chi connectivity index (χ0n) is 6.44. The Morgan fingerprint density at radius 3 is 2.92 bits per heavy atom. The van der Waals surface area contributed by atoms with E-state index >= 15 is 0 Å². The second-order valence-electron chi connectivity index (χ2n) is 2.32. The molecule has 2 aromatic rings. The summed E-state index contributed by atoms with van der Waals surface area (Å²) in [6.45, 7) is 0. The molecule has 0 amide bonds. The number of halogens is 1. The molecule has 0 radical (unpaired) electrons. The molecule has 66 valence electrons. The van der Waals surface area contributed by atoms with Crippen molar-refractivity contribution in [1.29, 1.82) is 0 Å². The summed E-state index contributed by atoms with van der Waals surface area (Å²) in [5.41, 5.74) is 5.77. The van der Waals surface area contributed by atoms with Crippen LogP contribution in [0.5, 0.6) is 0 Å². The molecular weight excluding hydrogens is 191 g/mol. The molecule has 0 saturated carbocycles. The van der Waals surface area contributed by atoms with Crippen LogP contribution in [-0.2, 0) is 0 Å². The highest BCUT2D eigenvalue weighted by Gasteiger charge is 2.05. The SMILES string of the molecule is Nc1nc(-c2cc(F)ccn2)ns1. The lowest BCUT2D eigenvalue weighted by Gasteiger charge is -1.92. The Morgan fingerprint density at radius 2 is 2.31 bits per heavy atom. The van der Waals surface area contributed by atoms with Crippen molar-refractivity contribution in [3.63, 3.8) is 0 Å². The number of nitrogens with two attached hydrogens (primary N) is 1. The van der Waals surface area contributed by atoms with Crippen molar-refractivity contribution in [2.24, 2.45) is 0 Å². The first-order chi connectivity index (χ1) is 6.25. The fraction of sp³-hybridized carbons (Fsp3) is 0. The van der Waals surface area contributed by atoms with Gasteiger partial charge in [0.15, 0.2) is 11.0 Å². The molecule has 0 saturated heterocycles. The van der Waals surface area contributed by atoms with Crippen molar-refractivity contribution in [2.75, 3.05) is 5.73 Å². The van der Waals surface area contributed by atoms with Crippen molar-refractivity contribution >= 4 is 16.7 Å². The van der Waals surface area contributed by atoms with Crippen LogP contribution in [0.25, 0.3) is 11.5 Å². The number of anilines is 1. The van der Waals surface area contributed by atoms with Crippen LogP contribution in [0.2, 0.25) is 0 Å². The molecule has 2 aromatic heterocycles. The maximum Gasteiger partial charge on any atom is 0.200 e. The minimum Gasteiger partial charge on any atom is -0.374 e.